The molecule has 1 aromatic rings. The summed E-state index contributed by atoms with van der Waals surface area (Å²) in [6.45, 7) is 9.18. The Morgan fingerprint density at radius 3 is 2.24 bits per heavy atom. The van der Waals surface area contributed by atoms with Crippen LogP contribution in [0.3, 0.4) is 0 Å². The molecule has 0 aromatic heterocycles. The molecule has 1 saturated carbocycles. The summed E-state index contributed by atoms with van der Waals surface area (Å²) >= 11 is 0. The zero-order valence-corrected chi connectivity index (χ0v) is 11.6. The molecular weight excluding hydrogens is 206 g/mol. The Kier molecular flexibility index (Phi) is 3.58. The minimum Gasteiger partial charge on any atom is -0.307 e. The number of hydrogen-bond donors (Lipinski definition) is 1. The second-order valence-electron chi connectivity index (χ2n) is 5.86. The van der Waals surface area contributed by atoms with Crippen LogP contribution in [-0.2, 0) is 6.42 Å². The van der Waals surface area contributed by atoms with Crippen molar-refractivity contribution < 1.29 is 0 Å². The monoisotopic (exact) mass is 231 g/mol. The SMILES string of the molecule is CCc1ccc(C(C)NC(C)C2(C)CC2)cc1. The zero-order valence-electron chi connectivity index (χ0n) is 11.6. The number of hydrogen-bond acceptors (Lipinski definition) is 1. The summed E-state index contributed by atoms with van der Waals surface area (Å²) in [5.74, 6) is 0. The molecule has 0 amide bonds. The first kappa shape index (κ1) is 12.6. The van der Waals surface area contributed by atoms with Gasteiger partial charge in [-0.25, -0.2) is 0 Å². The molecule has 0 bridgehead atoms. The molecule has 1 aromatic carbocycles. The predicted molar refractivity (Wildman–Crippen MR) is 74.2 cm³/mol. The van der Waals surface area contributed by atoms with Gasteiger partial charge in [0, 0.05) is 12.1 Å². The van der Waals surface area contributed by atoms with Crippen LogP contribution in [0.1, 0.15) is 57.7 Å². The minimum absolute atomic E-state index is 0.452. The average Bonchev–Trinajstić information content (AvgIpc) is 3.09. The quantitative estimate of drug-likeness (QED) is 0.805. The van der Waals surface area contributed by atoms with Crippen LogP contribution in [0.5, 0.6) is 0 Å². The molecule has 1 heteroatoms. The molecule has 1 fully saturated rings. The van der Waals surface area contributed by atoms with Crippen LogP contribution >= 0.6 is 0 Å². The van der Waals surface area contributed by atoms with Gasteiger partial charge in [0.05, 0.1) is 0 Å². The molecule has 1 aliphatic rings. The summed E-state index contributed by atoms with van der Waals surface area (Å²) in [6, 6.07) is 10.1. The van der Waals surface area contributed by atoms with Gasteiger partial charge in [0.1, 0.15) is 0 Å². The Morgan fingerprint density at radius 1 is 1.18 bits per heavy atom. The number of aryl methyl sites for hydroxylation is 1. The zero-order chi connectivity index (χ0) is 12.5. The lowest BCUT2D eigenvalue weighted by Crippen LogP contribution is -2.35. The first-order valence-electron chi connectivity index (χ1n) is 6.90. The van der Waals surface area contributed by atoms with E-state index in [2.05, 4.69) is 57.3 Å². The third-order valence-corrected chi connectivity index (χ3v) is 4.47. The highest BCUT2D eigenvalue weighted by Gasteiger charge is 2.42. The molecule has 0 saturated heterocycles. The standard InChI is InChI=1S/C16H25N/c1-5-14-6-8-15(9-7-14)12(2)17-13(3)16(4)10-11-16/h6-9,12-13,17H,5,10-11H2,1-4H3. The summed E-state index contributed by atoms with van der Waals surface area (Å²) in [5.41, 5.74) is 3.37. The van der Waals surface area contributed by atoms with Gasteiger partial charge < -0.3 is 5.32 Å². The second-order valence-corrected chi connectivity index (χ2v) is 5.86. The van der Waals surface area contributed by atoms with E-state index in [1.165, 1.54) is 24.0 Å². The van der Waals surface area contributed by atoms with Crippen molar-refractivity contribution in [1.29, 1.82) is 0 Å². The summed E-state index contributed by atoms with van der Waals surface area (Å²) in [4.78, 5) is 0. The van der Waals surface area contributed by atoms with Gasteiger partial charge in [-0.15, -0.1) is 0 Å². The topological polar surface area (TPSA) is 12.0 Å². The summed E-state index contributed by atoms with van der Waals surface area (Å²) in [6.07, 6.45) is 3.88. The highest BCUT2D eigenvalue weighted by atomic mass is 15.0. The lowest BCUT2D eigenvalue weighted by Gasteiger charge is -2.25. The van der Waals surface area contributed by atoms with Crippen LogP contribution < -0.4 is 5.32 Å². The first-order valence-corrected chi connectivity index (χ1v) is 6.90. The fraction of sp³-hybridized carbons (Fsp3) is 0.625. The number of rotatable bonds is 5. The smallest absolute Gasteiger partial charge is 0.0294 e. The molecule has 0 heterocycles. The van der Waals surface area contributed by atoms with Gasteiger partial charge in [-0.05, 0) is 49.7 Å². The molecule has 1 nitrogen and oxygen atoms in total. The first-order chi connectivity index (χ1) is 8.05. The molecule has 0 radical (unpaired) electrons. The molecular formula is C16H25N. The summed E-state index contributed by atoms with van der Waals surface area (Å²) < 4.78 is 0. The lowest BCUT2D eigenvalue weighted by molar-refractivity contribution is 0.350. The van der Waals surface area contributed by atoms with E-state index in [4.69, 9.17) is 0 Å². The van der Waals surface area contributed by atoms with Gasteiger partial charge in [0.25, 0.3) is 0 Å². The van der Waals surface area contributed by atoms with E-state index in [-0.39, 0.29) is 0 Å². The molecule has 17 heavy (non-hydrogen) atoms. The maximum absolute atomic E-state index is 3.74. The third-order valence-electron chi connectivity index (χ3n) is 4.47. The summed E-state index contributed by atoms with van der Waals surface area (Å²) in [5, 5.41) is 3.74. The van der Waals surface area contributed by atoms with Crippen molar-refractivity contribution in [3.05, 3.63) is 35.4 Å². The minimum atomic E-state index is 0.452. The van der Waals surface area contributed by atoms with E-state index >= 15 is 0 Å². The number of benzene rings is 1. The normalized spacial score (nSPS) is 20.9. The molecule has 2 unspecified atom stereocenters. The maximum atomic E-state index is 3.74. The fourth-order valence-corrected chi connectivity index (χ4v) is 2.34. The molecule has 0 aliphatic heterocycles. The molecule has 1 aliphatic carbocycles. The largest absolute Gasteiger partial charge is 0.307 e. The molecule has 1 N–H and O–H groups in total. The Hall–Kier alpha value is -0.820. The highest BCUT2D eigenvalue weighted by molar-refractivity contribution is 5.24. The maximum Gasteiger partial charge on any atom is 0.0294 e. The highest BCUT2D eigenvalue weighted by Crippen LogP contribution is 2.48. The predicted octanol–water partition coefficient (Wildman–Crippen LogP) is 4.09. The molecule has 0 spiro atoms. The fourth-order valence-electron chi connectivity index (χ4n) is 2.34. The molecule has 94 valence electrons. The van der Waals surface area contributed by atoms with E-state index < -0.39 is 0 Å². The lowest BCUT2D eigenvalue weighted by atomic mass is 9.98. The van der Waals surface area contributed by atoms with Crippen LogP contribution in [0.15, 0.2) is 24.3 Å². The van der Waals surface area contributed by atoms with Gasteiger partial charge in [-0.3, -0.25) is 0 Å². The molecule has 2 atom stereocenters. The van der Waals surface area contributed by atoms with E-state index in [0.717, 1.165) is 6.42 Å². The van der Waals surface area contributed by atoms with Gasteiger partial charge >= 0.3 is 0 Å². The Labute approximate surface area is 106 Å². The van der Waals surface area contributed by atoms with Crippen LogP contribution in [-0.4, -0.2) is 6.04 Å². The van der Waals surface area contributed by atoms with E-state index in [1.54, 1.807) is 0 Å². The second kappa shape index (κ2) is 4.81. The van der Waals surface area contributed by atoms with Crippen LogP contribution in [0, 0.1) is 5.41 Å². The Balaban J connectivity index is 1.96. The van der Waals surface area contributed by atoms with Crippen molar-refractivity contribution in [3.8, 4) is 0 Å². The van der Waals surface area contributed by atoms with Crippen molar-refractivity contribution >= 4 is 0 Å². The van der Waals surface area contributed by atoms with E-state index in [9.17, 15) is 0 Å². The van der Waals surface area contributed by atoms with Crippen molar-refractivity contribution in [1.82, 2.24) is 5.32 Å². The van der Waals surface area contributed by atoms with Gasteiger partial charge in [0.15, 0.2) is 0 Å². The van der Waals surface area contributed by atoms with Crippen molar-refractivity contribution in [2.24, 2.45) is 5.41 Å². The van der Waals surface area contributed by atoms with Crippen molar-refractivity contribution in [2.45, 2.75) is 59.0 Å². The Bertz CT molecular complexity index is 362. The molecule has 2 rings (SSSR count). The third kappa shape index (κ3) is 2.90. The average molecular weight is 231 g/mol. The van der Waals surface area contributed by atoms with Gasteiger partial charge in [-0.1, -0.05) is 38.1 Å². The number of nitrogens with one attached hydrogen (secondary N) is 1. The van der Waals surface area contributed by atoms with E-state index in [0.29, 0.717) is 17.5 Å². The Morgan fingerprint density at radius 2 is 1.76 bits per heavy atom. The van der Waals surface area contributed by atoms with Gasteiger partial charge in [0.2, 0.25) is 0 Å². The van der Waals surface area contributed by atoms with Crippen molar-refractivity contribution in [3.63, 3.8) is 0 Å². The van der Waals surface area contributed by atoms with Crippen LogP contribution in [0.2, 0.25) is 0 Å². The van der Waals surface area contributed by atoms with E-state index in [1.807, 2.05) is 0 Å². The van der Waals surface area contributed by atoms with Crippen molar-refractivity contribution in [2.75, 3.05) is 0 Å². The van der Waals surface area contributed by atoms with Gasteiger partial charge in [-0.2, -0.15) is 0 Å². The van der Waals surface area contributed by atoms with Crippen LogP contribution in [0.25, 0.3) is 0 Å². The van der Waals surface area contributed by atoms with Crippen LogP contribution in [0.4, 0.5) is 0 Å². The summed E-state index contributed by atoms with van der Waals surface area (Å²) in [7, 11) is 0.